The minimum absolute atomic E-state index is 0.179. The maximum atomic E-state index is 14.4. The molecule has 0 radical (unpaired) electrons. The summed E-state index contributed by atoms with van der Waals surface area (Å²) in [5.41, 5.74) is 2.57. The number of nitrogens with zero attached hydrogens (tertiary/aromatic N) is 1. The van der Waals surface area contributed by atoms with Crippen LogP contribution in [0.4, 0.5) is 4.39 Å². The van der Waals surface area contributed by atoms with Crippen LogP contribution in [0.15, 0.2) is 41.0 Å². The van der Waals surface area contributed by atoms with E-state index < -0.39 is 0 Å². The van der Waals surface area contributed by atoms with E-state index >= 15 is 0 Å². The van der Waals surface area contributed by atoms with E-state index in [1.54, 1.807) is 12.3 Å². The number of rotatable bonds is 5. The largest absolute Gasteiger partial charge is 0.306 e. The number of halogens is 2. The maximum absolute atomic E-state index is 14.4. The van der Waals surface area contributed by atoms with Crippen LogP contribution >= 0.6 is 15.9 Å². The van der Waals surface area contributed by atoms with Crippen molar-refractivity contribution in [2.24, 2.45) is 0 Å². The van der Waals surface area contributed by atoms with Crippen molar-refractivity contribution >= 4 is 15.9 Å². The molecule has 0 aliphatic carbocycles. The summed E-state index contributed by atoms with van der Waals surface area (Å²) < 4.78 is 14.9. The average molecular weight is 337 g/mol. The predicted molar refractivity (Wildman–Crippen MR) is 83.2 cm³/mol. The Balaban J connectivity index is 2.47. The van der Waals surface area contributed by atoms with E-state index in [1.165, 1.54) is 0 Å². The second kappa shape index (κ2) is 6.95. The van der Waals surface area contributed by atoms with Gasteiger partial charge in [-0.05, 0) is 53.5 Å². The van der Waals surface area contributed by atoms with E-state index in [4.69, 9.17) is 0 Å². The minimum atomic E-state index is -0.218. The summed E-state index contributed by atoms with van der Waals surface area (Å²) in [6, 6.07) is 9.09. The Kier molecular flexibility index (Phi) is 5.26. The molecule has 0 aliphatic rings. The summed E-state index contributed by atoms with van der Waals surface area (Å²) in [4.78, 5) is 4.31. The fourth-order valence-corrected chi connectivity index (χ4v) is 2.60. The molecule has 0 saturated heterocycles. The van der Waals surface area contributed by atoms with Gasteiger partial charge in [0.1, 0.15) is 5.82 Å². The van der Waals surface area contributed by atoms with Crippen LogP contribution in [-0.4, -0.2) is 11.5 Å². The van der Waals surface area contributed by atoms with E-state index in [-0.39, 0.29) is 11.9 Å². The van der Waals surface area contributed by atoms with Gasteiger partial charge in [-0.25, -0.2) is 4.39 Å². The second-order valence-electron chi connectivity index (χ2n) is 4.71. The Morgan fingerprint density at radius 1 is 1.25 bits per heavy atom. The van der Waals surface area contributed by atoms with Gasteiger partial charge in [-0.3, -0.25) is 4.98 Å². The first kappa shape index (κ1) is 15.1. The molecule has 0 saturated carbocycles. The molecular weight excluding hydrogens is 319 g/mol. The summed E-state index contributed by atoms with van der Waals surface area (Å²) in [6.07, 6.45) is 2.75. The van der Waals surface area contributed by atoms with Crippen LogP contribution in [-0.2, 0) is 0 Å². The first-order valence-electron chi connectivity index (χ1n) is 6.74. The fraction of sp³-hybridized carbons (Fsp3) is 0.312. The van der Waals surface area contributed by atoms with Crippen molar-refractivity contribution in [3.63, 3.8) is 0 Å². The van der Waals surface area contributed by atoms with Crippen LogP contribution in [0.5, 0.6) is 0 Å². The second-order valence-corrected chi connectivity index (χ2v) is 5.56. The van der Waals surface area contributed by atoms with E-state index in [0.29, 0.717) is 10.0 Å². The van der Waals surface area contributed by atoms with Gasteiger partial charge in [0.25, 0.3) is 0 Å². The molecule has 4 heteroatoms. The van der Waals surface area contributed by atoms with Crippen molar-refractivity contribution < 1.29 is 4.39 Å². The predicted octanol–water partition coefficient (Wildman–Crippen LogP) is 4.38. The number of benzene rings is 1. The highest BCUT2D eigenvalue weighted by atomic mass is 79.9. The molecule has 2 aromatic rings. The quantitative estimate of drug-likeness (QED) is 0.876. The lowest BCUT2D eigenvalue weighted by Crippen LogP contribution is -2.25. The molecule has 106 valence electrons. The monoisotopic (exact) mass is 336 g/mol. The van der Waals surface area contributed by atoms with Crippen molar-refractivity contribution in [1.29, 1.82) is 0 Å². The van der Waals surface area contributed by atoms with Crippen molar-refractivity contribution in [2.45, 2.75) is 26.3 Å². The number of pyridine rings is 1. The lowest BCUT2D eigenvalue weighted by atomic mass is 9.97. The Labute approximate surface area is 127 Å². The Morgan fingerprint density at radius 3 is 2.70 bits per heavy atom. The van der Waals surface area contributed by atoms with Crippen LogP contribution in [0.3, 0.4) is 0 Å². The molecule has 0 fully saturated rings. The molecule has 1 heterocycles. The number of hydrogen-bond donors (Lipinski definition) is 1. The number of hydrogen-bond acceptors (Lipinski definition) is 2. The fourth-order valence-electron chi connectivity index (χ4n) is 2.22. The first-order valence-corrected chi connectivity index (χ1v) is 7.53. The first-order chi connectivity index (χ1) is 9.65. The van der Waals surface area contributed by atoms with E-state index in [1.807, 2.05) is 31.2 Å². The van der Waals surface area contributed by atoms with Gasteiger partial charge in [0.05, 0.1) is 10.5 Å². The summed E-state index contributed by atoms with van der Waals surface area (Å²) in [5, 5.41) is 3.41. The van der Waals surface area contributed by atoms with Crippen molar-refractivity contribution in [3.05, 3.63) is 63.6 Å². The van der Waals surface area contributed by atoms with Gasteiger partial charge in [-0.1, -0.05) is 25.1 Å². The molecule has 0 spiro atoms. The van der Waals surface area contributed by atoms with Crippen molar-refractivity contribution in [1.82, 2.24) is 10.3 Å². The molecular formula is C16H18BrFN2. The SMILES string of the molecule is CCCNC(c1cccnc1C)c1cccc(Br)c1F. The number of aryl methyl sites for hydroxylation is 1. The summed E-state index contributed by atoms with van der Waals surface area (Å²) in [5.74, 6) is -0.218. The molecule has 1 atom stereocenters. The molecule has 0 bridgehead atoms. The zero-order valence-electron chi connectivity index (χ0n) is 11.7. The van der Waals surface area contributed by atoms with Gasteiger partial charge in [-0.15, -0.1) is 0 Å². The Hall–Kier alpha value is -1.26. The van der Waals surface area contributed by atoms with Gasteiger partial charge in [0.15, 0.2) is 0 Å². The molecule has 1 aromatic carbocycles. The van der Waals surface area contributed by atoms with E-state index in [2.05, 4.69) is 33.2 Å². The third-order valence-electron chi connectivity index (χ3n) is 3.25. The molecule has 2 nitrogen and oxygen atoms in total. The van der Waals surface area contributed by atoms with Gasteiger partial charge in [0, 0.05) is 17.5 Å². The normalized spacial score (nSPS) is 12.4. The highest BCUT2D eigenvalue weighted by molar-refractivity contribution is 9.10. The van der Waals surface area contributed by atoms with Crippen LogP contribution in [0.2, 0.25) is 0 Å². The summed E-state index contributed by atoms with van der Waals surface area (Å²) in [7, 11) is 0. The molecule has 0 aliphatic heterocycles. The smallest absolute Gasteiger partial charge is 0.142 e. The van der Waals surface area contributed by atoms with Crippen molar-refractivity contribution in [2.75, 3.05) is 6.54 Å². The lowest BCUT2D eigenvalue weighted by molar-refractivity contribution is 0.541. The number of aromatic nitrogens is 1. The third-order valence-corrected chi connectivity index (χ3v) is 3.86. The molecule has 1 unspecified atom stereocenters. The molecule has 0 amide bonds. The molecule has 20 heavy (non-hydrogen) atoms. The minimum Gasteiger partial charge on any atom is -0.306 e. The van der Waals surface area contributed by atoms with E-state index in [9.17, 15) is 4.39 Å². The maximum Gasteiger partial charge on any atom is 0.142 e. The molecule has 1 N–H and O–H groups in total. The van der Waals surface area contributed by atoms with Gasteiger partial charge in [0.2, 0.25) is 0 Å². The van der Waals surface area contributed by atoms with Gasteiger partial charge < -0.3 is 5.32 Å². The van der Waals surface area contributed by atoms with Gasteiger partial charge >= 0.3 is 0 Å². The van der Waals surface area contributed by atoms with Crippen LogP contribution in [0.25, 0.3) is 0 Å². The summed E-state index contributed by atoms with van der Waals surface area (Å²) >= 11 is 3.26. The van der Waals surface area contributed by atoms with Crippen LogP contribution in [0, 0.1) is 12.7 Å². The zero-order valence-corrected chi connectivity index (χ0v) is 13.2. The Bertz CT molecular complexity index is 586. The highest BCUT2D eigenvalue weighted by Gasteiger charge is 2.20. The highest BCUT2D eigenvalue weighted by Crippen LogP contribution is 2.29. The van der Waals surface area contributed by atoms with E-state index in [0.717, 1.165) is 24.2 Å². The summed E-state index contributed by atoms with van der Waals surface area (Å²) in [6.45, 7) is 4.87. The topological polar surface area (TPSA) is 24.9 Å². The van der Waals surface area contributed by atoms with Crippen LogP contribution in [0.1, 0.15) is 36.2 Å². The van der Waals surface area contributed by atoms with Crippen molar-refractivity contribution in [3.8, 4) is 0 Å². The standard InChI is InChI=1S/C16H18BrFN2/c1-3-9-20-16(12-7-5-10-19-11(12)2)13-6-4-8-14(17)15(13)18/h4-8,10,16,20H,3,9H2,1-2H3. The van der Waals surface area contributed by atoms with Crippen LogP contribution < -0.4 is 5.32 Å². The molecule has 2 rings (SSSR count). The number of nitrogens with one attached hydrogen (secondary N) is 1. The average Bonchev–Trinajstić information content (AvgIpc) is 2.45. The van der Waals surface area contributed by atoms with Gasteiger partial charge in [-0.2, -0.15) is 0 Å². The third kappa shape index (κ3) is 3.25. The zero-order chi connectivity index (χ0) is 14.5. The molecule has 1 aromatic heterocycles. The Morgan fingerprint density at radius 2 is 2.00 bits per heavy atom. The lowest BCUT2D eigenvalue weighted by Gasteiger charge is -2.21.